The van der Waals surface area contributed by atoms with Crippen LogP contribution in [0, 0.1) is 11.3 Å². The fourth-order valence-corrected chi connectivity index (χ4v) is 0.956. The van der Waals surface area contributed by atoms with Crippen LogP contribution in [0.5, 0.6) is 5.75 Å². The van der Waals surface area contributed by atoms with Gasteiger partial charge in [0.25, 0.3) is 0 Å². The van der Waals surface area contributed by atoms with Crippen LogP contribution >= 0.6 is 11.6 Å². The molecule has 1 heterocycles. The molecule has 0 aliphatic rings. The number of nitrogens with two attached hydrogens (primary N) is 1. The van der Waals surface area contributed by atoms with E-state index in [0.717, 1.165) is 6.07 Å². The number of anilines is 1. The second-order valence-corrected chi connectivity index (χ2v) is 2.73. The van der Waals surface area contributed by atoms with E-state index in [0.29, 0.717) is 0 Å². The first kappa shape index (κ1) is 11.4. The quantitative estimate of drug-likeness (QED) is 0.759. The van der Waals surface area contributed by atoms with Gasteiger partial charge in [0.2, 0.25) is 0 Å². The third kappa shape index (κ3) is 2.89. The molecular weight excluding hydrogens is 235 g/mol. The van der Waals surface area contributed by atoms with Gasteiger partial charge in [-0.3, -0.25) is 0 Å². The zero-order valence-corrected chi connectivity index (χ0v) is 7.73. The average Bonchev–Trinajstić information content (AvgIpc) is 2.07. The smallest absolute Gasteiger partial charge is 0.402 e. The van der Waals surface area contributed by atoms with E-state index in [1.165, 1.54) is 0 Å². The Morgan fingerprint density at radius 3 is 2.60 bits per heavy atom. The summed E-state index contributed by atoms with van der Waals surface area (Å²) in [5.74, 6) is -1.01. The average molecular weight is 238 g/mol. The van der Waals surface area contributed by atoms with Crippen LogP contribution in [0.25, 0.3) is 0 Å². The van der Waals surface area contributed by atoms with Crippen LogP contribution in [0.1, 0.15) is 5.56 Å². The van der Waals surface area contributed by atoms with Gasteiger partial charge in [-0.15, -0.1) is 13.2 Å². The zero-order chi connectivity index (χ0) is 11.6. The lowest BCUT2D eigenvalue weighted by atomic mass is 10.3. The molecular formula is C7H3ClF3N3O. The SMILES string of the molecule is N#Cc1cc(OC(F)(F)F)c(Cl)nc1N. The van der Waals surface area contributed by atoms with E-state index in [2.05, 4.69) is 9.72 Å². The van der Waals surface area contributed by atoms with Crippen molar-refractivity contribution in [1.82, 2.24) is 4.98 Å². The van der Waals surface area contributed by atoms with Crippen molar-refractivity contribution in [3.05, 3.63) is 16.8 Å². The third-order valence-corrected chi connectivity index (χ3v) is 1.59. The number of pyridine rings is 1. The van der Waals surface area contributed by atoms with Gasteiger partial charge in [-0.1, -0.05) is 11.6 Å². The highest BCUT2D eigenvalue weighted by atomic mass is 35.5. The summed E-state index contributed by atoms with van der Waals surface area (Å²) in [6.07, 6.45) is -4.89. The molecule has 0 aliphatic carbocycles. The molecule has 1 aromatic heterocycles. The molecule has 2 N–H and O–H groups in total. The van der Waals surface area contributed by atoms with Gasteiger partial charge in [0.15, 0.2) is 10.9 Å². The Balaban J connectivity index is 3.15. The van der Waals surface area contributed by atoms with E-state index < -0.39 is 17.3 Å². The van der Waals surface area contributed by atoms with Gasteiger partial charge in [0, 0.05) is 6.07 Å². The van der Waals surface area contributed by atoms with Crippen molar-refractivity contribution in [1.29, 1.82) is 5.26 Å². The minimum Gasteiger partial charge on any atom is -0.402 e. The van der Waals surface area contributed by atoms with E-state index in [1.54, 1.807) is 6.07 Å². The maximum absolute atomic E-state index is 11.8. The lowest BCUT2D eigenvalue weighted by Crippen LogP contribution is -2.18. The summed E-state index contributed by atoms with van der Waals surface area (Å²) in [6, 6.07) is 2.33. The molecule has 0 fully saturated rings. The number of hydrogen-bond acceptors (Lipinski definition) is 4. The molecule has 80 valence electrons. The summed E-state index contributed by atoms with van der Waals surface area (Å²) in [6.45, 7) is 0. The predicted molar refractivity (Wildman–Crippen MR) is 45.1 cm³/mol. The summed E-state index contributed by atoms with van der Waals surface area (Å²) in [5, 5.41) is 7.93. The van der Waals surface area contributed by atoms with Gasteiger partial charge in [0.1, 0.15) is 11.9 Å². The number of rotatable bonds is 1. The van der Waals surface area contributed by atoms with Crippen molar-refractivity contribution in [2.24, 2.45) is 0 Å². The minimum atomic E-state index is -4.89. The number of nitrogens with zero attached hydrogens (tertiary/aromatic N) is 2. The molecule has 0 radical (unpaired) electrons. The summed E-state index contributed by atoms with van der Waals surface area (Å²) in [4.78, 5) is 3.32. The number of nitriles is 1. The molecule has 0 spiro atoms. The Hall–Kier alpha value is -1.68. The molecule has 0 unspecified atom stereocenters. The Morgan fingerprint density at radius 2 is 2.13 bits per heavy atom. The first-order valence-electron chi connectivity index (χ1n) is 3.45. The summed E-state index contributed by atoms with van der Waals surface area (Å²) in [5.41, 5.74) is 4.97. The standard InChI is InChI=1S/C7H3ClF3N3O/c8-5-4(15-7(9,10)11)1-3(2-12)6(13)14-5/h1H,(H2,13,14). The van der Waals surface area contributed by atoms with Crippen molar-refractivity contribution in [2.75, 3.05) is 5.73 Å². The van der Waals surface area contributed by atoms with Crippen LogP contribution in [0.4, 0.5) is 19.0 Å². The number of hydrogen-bond donors (Lipinski definition) is 1. The second kappa shape index (κ2) is 3.82. The van der Waals surface area contributed by atoms with Gasteiger partial charge < -0.3 is 10.5 Å². The fraction of sp³-hybridized carbons (Fsp3) is 0.143. The molecule has 0 atom stereocenters. The van der Waals surface area contributed by atoms with Crippen molar-refractivity contribution < 1.29 is 17.9 Å². The normalized spacial score (nSPS) is 10.9. The Labute approximate surface area is 87.0 Å². The molecule has 1 rings (SSSR count). The van der Waals surface area contributed by atoms with Gasteiger partial charge in [0.05, 0.1) is 5.56 Å². The van der Waals surface area contributed by atoms with E-state index in [9.17, 15) is 13.2 Å². The van der Waals surface area contributed by atoms with Crippen LogP contribution in [0.2, 0.25) is 5.15 Å². The van der Waals surface area contributed by atoms with E-state index >= 15 is 0 Å². The number of aromatic nitrogens is 1. The number of halogens is 4. The van der Waals surface area contributed by atoms with Crippen LogP contribution in [-0.2, 0) is 0 Å². The molecule has 15 heavy (non-hydrogen) atoms. The molecule has 0 saturated heterocycles. The maximum atomic E-state index is 11.8. The fourth-order valence-electron chi connectivity index (χ4n) is 0.771. The third-order valence-electron chi connectivity index (χ3n) is 1.32. The van der Waals surface area contributed by atoms with Gasteiger partial charge in [-0.05, 0) is 0 Å². The number of alkyl halides is 3. The summed E-state index contributed by atoms with van der Waals surface area (Å²) in [7, 11) is 0. The molecule has 4 nitrogen and oxygen atoms in total. The highest BCUT2D eigenvalue weighted by Gasteiger charge is 2.32. The molecule has 0 bridgehead atoms. The Bertz CT molecular complexity index is 427. The van der Waals surface area contributed by atoms with Crippen molar-refractivity contribution in [3.63, 3.8) is 0 Å². The molecule has 0 amide bonds. The highest BCUT2D eigenvalue weighted by molar-refractivity contribution is 6.31. The van der Waals surface area contributed by atoms with Crippen molar-refractivity contribution in [3.8, 4) is 11.8 Å². The number of nitrogen functional groups attached to an aromatic ring is 1. The molecule has 0 aromatic carbocycles. The van der Waals surface area contributed by atoms with Gasteiger partial charge in [-0.25, -0.2) is 4.98 Å². The van der Waals surface area contributed by atoms with Crippen LogP contribution in [0.3, 0.4) is 0 Å². The second-order valence-electron chi connectivity index (χ2n) is 2.37. The summed E-state index contributed by atoms with van der Waals surface area (Å²) >= 11 is 5.34. The first-order chi connectivity index (χ1) is 6.83. The van der Waals surface area contributed by atoms with E-state index in [4.69, 9.17) is 22.6 Å². The lowest BCUT2D eigenvalue weighted by molar-refractivity contribution is -0.274. The zero-order valence-electron chi connectivity index (χ0n) is 6.97. The Kier molecular flexibility index (Phi) is 2.90. The molecule has 0 aliphatic heterocycles. The van der Waals surface area contributed by atoms with E-state index in [-0.39, 0.29) is 11.4 Å². The monoisotopic (exact) mass is 237 g/mol. The largest absolute Gasteiger partial charge is 0.573 e. The summed E-state index contributed by atoms with van der Waals surface area (Å²) < 4.78 is 39.0. The van der Waals surface area contributed by atoms with E-state index in [1.807, 2.05) is 0 Å². The van der Waals surface area contributed by atoms with Crippen LogP contribution < -0.4 is 10.5 Å². The maximum Gasteiger partial charge on any atom is 0.573 e. The highest BCUT2D eigenvalue weighted by Crippen LogP contribution is 2.30. The Morgan fingerprint density at radius 1 is 1.53 bits per heavy atom. The van der Waals surface area contributed by atoms with Crippen molar-refractivity contribution in [2.45, 2.75) is 6.36 Å². The minimum absolute atomic E-state index is 0.237. The van der Waals surface area contributed by atoms with Gasteiger partial charge in [-0.2, -0.15) is 5.26 Å². The van der Waals surface area contributed by atoms with Crippen LogP contribution in [0.15, 0.2) is 6.07 Å². The molecule has 8 heteroatoms. The topological polar surface area (TPSA) is 71.9 Å². The molecule has 1 aromatic rings. The van der Waals surface area contributed by atoms with Crippen LogP contribution in [-0.4, -0.2) is 11.3 Å². The lowest BCUT2D eigenvalue weighted by Gasteiger charge is -2.10. The molecule has 0 saturated carbocycles. The van der Waals surface area contributed by atoms with Crippen molar-refractivity contribution >= 4 is 17.4 Å². The van der Waals surface area contributed by atoms with Gasteiger partial charge >= 0.3 is 6.36 Å². The first-order valence-corrected chi connectivity index (χ1v) is 3.83. The predicted octanol–water partition coefficient (Wildman–Crippen LogP) is 2.09. The number of ether oxygens (including phenoxy) is 1.